The molecule has 0 fully saturated rings. The van der Waals surface area contributed by atoms with Gasteiger partial charge in [0, 0.05) is 12.4 Å². The van der Waals surface area contributed by atoms with Crippen LogP contribution in [0.25, 0.3) is 0 Å². The lowest BCUT2D eigenvalue weighted by Gasteiger charge is -1.84. The van der Waals surface area contributed by atoms with Crippen LogP contribution in [-0.2, 0) is 4.79 Å². The van der Waals surface area contributed by atoms with Gasteiger partial charge < -0.3 is 4.98 Å². The average molecular weight is 141 g/mol. The first kappa shape index (κ1) is 6.35. The quantitative estimate of drug-likeness (QED) is 0.627. The summed E-state index contributed by atoms with van der Waals surface area (Å²) in [5, 5.41) is 0.762. The Bertz CT molecular complexity index is 173. The predicted molar refractivity (Wildman–Crippen MR) is 35.0 cm³/mol. The summed E-state index contributed by atoms with van der Waals surface area (Å²) in [7, 11) is 0. The maximum atomic E-state index is 9.71. The summed E-state index contributed by atoms with van der Waals surface area (Å²) in [4.78, 5) is 16.4. The summed E-state index contributed by atoms with van der Waals surface area (Å²) in [6, 6.07) is 0. The van der Waals surface area contributed by atoms with Crippen molar-refractivity contribution >= 4 is 18.0 Å². The zero-order valence-electron chi connectivity index (χ0n) is 4.63. The lowest BCUT2D eigenvalue weighted by molar-refractivity contribution is 0.560. The van der Waals surface area contributed by atoms with Crippen molar-refractivity contribution < 1.29 is 4.79 Å². The normalized spacial score (nSPS) is 9.33. The van der Waals surface area contributed by atoms with E-state index in [1.807, 2.05) is 0 Å². The molecular weight excluding hydrogens is 136 g/mol. The Morgan fingerprint density at radius 2 is 2.78 bits per heavy atom. The van der Waals surface area contributed by atoms with Crippen LogP contribution in [0.3, 0.4) is 0 Å². The molecular formula is C5H5N2OS. The van der Waals surface area contributed by atoms with Gasteiger partial charge in [-0.2, -0.15) is 0 Å². The first-order valence-corrected chi connectivity index (χ1v) is 3.39. The number of H-pyrrole nitrogens is 1. The first-order chi connectivity index (χ1) is 4.43. The van der Waals surface area contributed by atoms with Crippen molar-refractivity contribution in [1.29, 1.82) is 0 Å². The molecule has 0 aliphatic rings. The van der Waals surface area contributed by atoms with Crippen molar-refractivity contribution in [2.75, 3.05) is 5.75 Å². The number of imidazole rings is 1. The van der Waals surface area contributed by atoms with E-state index >= 15 is 0 Å². The van der Waals surface area contributed by atoms with Crippen LogP contribution >= 0.6 is 11.8 Å². The number of thioether (sulfide) groups is 1. The smallest absolute Gasteiger partial charge is 0.209 e. The van der Waals surface area contributed by atoms with Crippen LogP contribution in [0.4, 0.5) is 0 Å². The van der Waals surface area contributed by atoms with Gasteiger partial charge in [0.2, 0.25) is 6.29 Å². The van der Waals surface area contributed by atoms with Crippen molar-refractivity contribution in [3.63, 3.8) is 0 Å². The van der Waals surface area contributed by atoms with E-state index in [-0.39, 0.29) is 0 Å². The molecule has 1 aromatic rings. The van der Waals surface area contributed by atoms with Crippen molar-refractivity contribution in [3.05, 3.63) is 12.4 Å². The zero-order valence-corrected chi connectivity index (χ0v) is 5.44. The molecule has 1 heterocycles. The topological polar surface area (TPSA) is 45.8 Å². The molecule has 0 aliphatic carbocycles. The Morgan fingerprint density at radius 1 is 1.89 bits per heavy atom. The summed E-state index contributed by atoms with van der Waals surface area (Å²) in [6.45, 7) is 0. The van der Waals surface area contributed by atoms with Gasteiger partial charge in [-0.15, -0.1) is 0 Å². The summed E-state index contributed by atoms with van der Waals surface area (Å²) in [5.41, 5.74) is 0. The predicted octanol–water partition coefficient (Wildman–Crippen LogP) is 0.611. The molecule has 0 bridgehead atoms. The second kappa shape index (κ2) is 3.29. The summed E-state index contributed by atoms with van der Waals surface area (Å²) < 4.78 is 0. The molecule has 47 valence electrons. The molecule has 0 aliphatic heterocycles. The number of rotatable bonds is 3. The highest BCUT2D eigenvalue weighted by molar-refractivity contribution is 7.99. The number of hydrogen-bond donors (Lipinski definition) is 1. The second-order valence-corrected chi connectivity index (χ2v) is 2.29. The van der Waals surface area contributed by atoms with Crippen LogP contribution in [0.1, 0.15) is 0 Å². The molecule has 0 spiro atoms. The Balaban J connectivity index is 2.38. The number of aromatic nitrogens is 2. The van der Waals surface area contributed by atoms with Crippen molar-refractivity contribution in [1.82, 2.24) is 9.97 Å². The largest absolute Gasteiger partial charge is 0.340 e. The van der Waals surface area contributed by atoms with Gasteiger partial charge in [0.05, 0.1) is 5.75 Å². The van der Waals surface area contributed by atoms with E-state index in [0.29, 0.717) is 5.75 Å². The monoisotopic (exact) mass is 141 g/mol. The molecule has 1 aromatic heterocycles. The summed E-state index contributed by atoms with van der Waals surface area (Å²) >= 11 is 1.34. The van der Waals surface area contributed by atoms with E-state index in [0.717, 1.165) is 5.16 Å². The first-order valence-electron chi connectivity index (χ1n) is 2.40. The third-order valence-electron chi connectivity index (χ3n) is 0.741. The van der Waals surface area contributed by atoms with Gasteiger partial charge in [0.25, 0.3) is 0 Å². The fourth-order valence-corrected chi connectivity index (χ4v) is 0.910. The Labute approximate surface area is 56.9 Å². The Hall–Kier alpha value is -0.770. The molecule has 0 atom stereocenters. The minimum absolute atomic E-state index is 0.341. The van der Waals surface area contributed by atoms with E-state index in [9.17, 15) is 4.79 Å². The van der Waals surface area contributed by atoms with E-state index in [4.69, 9.17) is 0 Å². The highest BCUT2D eigenvalue weighted by Gasteiger charge is 1.91. The third-order valence-corrected chi connectivity index (χ3v) is 1.50. The van der Waals surface area contributed by atoms with Crippen molar-refractivity contribution in [2.24, 2.45) is 0 Å². The van der Waals surface area contributed by atoms with Crippen LogP contribution < -0.4 is 0 Å². The van der Waals surface area contributed by atoms with E-state index < -0.39 is 0 Å². The van der Waals surface area contributed by atoms with Crippen LogP contribution in [0.15, 0.2) is 17.6 Å². The van der Waals surface area contributed by atoms with Gasteiger partial charge in [0.1, 0.15) is 0 Å². The molecule has 0 aromatic carbocycles. The van der Waals surface area contributed by atoms with Crippen LogP contribution in [0, 0.1) is 0 Å². The Morgan fingerprint density at radius 3 is 3.33 bits per heavy atom. The van der Waals surface area contributed by atoms with E-state index in [1.165, 1.54) is 11.8 Å². The van der Waals surface area contributed by atoms with Crippen molar-refractivity contribution in [3.8, 4) is 0 Å². The molecule has 1 N–H and O–H groups in total. The third kappa shape index (κ3) is 1.89. The maximum Gasteiger partial charge on any atom is 0.209 e. The highest BCUT2D eigenvalue weighted by atomic mass is 32.2. The second-order valence-electron chi connectivity index (χ2n) is 1.33. The van der Waals surface area contributed by atoms with Crippen molar-refractivity contribution in [2.45, 2.75) is 5.16 Å². The van der Waals surface area contributed by atoms with E-state index in [2.05, 4.69) is 9.97 Å². The molecule has 0 unspecified atom stereocenters. The molecule has 4 heteroatoms. The number of nitrogens with one attached hydrogen (secondary N) is 1. The van der Waals surface area contributed by atoms with Gasteiger partial charge >= 0.3 is 0 Å². The van der Waals surface area contributed by atoms with Crippen LogP contribution in [0.2, 0.25) is 0 Å². The average Bonchev–Trinajstić information content (AvgIpc) is 2.34. The van der Waals surface area contributed by atoms with Gasteiger partial charge in [-0.3, -0.25) is 4.79 Å². The number of nitrogens with zero attached hydrogens (tertiary/aromatic N) is 1. The minimum atomic E-state index is 0.341. The SMILES string of the molecule is O=[C]CSc1ncc[nH]1. The zero-order chi connectivity index (χ0) is 6.53. The van der Waals surface area contributed by atoms with Gasteiger partial charge in [-0.05, 0) is 0 Å². The van der Waals surface area contributed by atoms with Gasteiger partial charge in [0.15, 0.2) is 5.16 Å². The number of carbonyl (C=O) groups excluding carboxylic acids is 1. The summed E-state index contributed by atoms with van der Waals surface area (Å²) in [5.74, 6) is 0.341. The number of aromatic amines is 1. The standard InChI is InChI=1S/C5H5N2OS/c8-3-4-9-5-6-1-2-7-5/h1-2H,4H2,(H,6,7). The molecule has 1 radical (unpaired) electrons. The lowest BCUT2D eigenvalue weighted by Crippen LogP contribution is -1.79. The lowest BCUT2D eigenvalue weighted by atomic mass is 10.9. The van der Waals surface area contributed by atoms with Gasteiger partial charge in [-0.25, -0.2) is 4.98 Å². The molecule has 3 nitrogen and oxygen atoms in total. The van der Waals surface area contributed by atoms with Crippen LogP contribution in [-0.4, -0.2) is 22.0 Å². The Kier molecular flexibility index (Phi) is 2.32. The minimum Gasteiger partial charge on any atom is -0.340 e. The number of hydrogen-bond acceptors (Lipinski definition) is 3. The molecule has 0 amide bonds. The van der Waals surface area contributed by atoms with Crippen LogP contribution in [0.5, 0.6) is 0 Å². The van der Waals surface area contributed by atoms with E-state index in [1.54, 1.807) is 18.7 Å². The molecule has 0 saturated heterocycles. The fraction of sp³-hybridized carbons (Fsp3) is 0.200. The molecule has 9 heavy (non-hydrogen) atoms. The molecule has 0 saturated carbocycles. The highest BCUT2D eigenvalue weighted by Crippen LogP contribution is 2.08. The maximum absolute atomic E-state index is 9.71. The fourth-order valence-electron chi connectivity index (χ4n) is 0.428. The molecule has 1 rings (SSSR count). The van der Waals surface area contributed by atoms with Gasteiger partial charge in [-0.1, -0.05) is 11.8 Å². The summed E-state index contributed by atoms with van der Waals surface area (Å²) in [6.07, 6.45) is 5.12.